The van der Waals surface area contributed by atoms with E-state index >= 15 is 0 Å². The van der Waals surface area contributed by atoms with Gasteiger partial charge in [-0.2, -0.15) is 0 Å². The summed E-state index contributed by atoms with van der Waals surface area (Å²) in [5.74, 6) is 0.152. The summed E-state index contributed by atoms with van der Waals surface area (Å²) in [6, 6.07) is 12.9. The molecule has 0 aliphatic carbocycles. The van der Waals surface area contributed by atoms with Gasteiger partial charge in [0.1, 0.15) is 17.1 Å². The van der Waals surface area contributed by atoms with Gasteiger partial charge in [0.15, 0.2) is 0 Å². The van der Waals surface area contributed by atoms with Crippen LogP contribution in [0, 0.1) is 10.1 Å². The third kappa shape index (κ3) is 3.56. The first-order valence-corrected chi connectivity index (χ1v) is 6.30. The van der Waals surface area contributed by atoms with Crippen LogP contribution in [-0.4, -0.2) is 17.5 Å². The molecule has 0 atom stereocenters. The van der Waals surface area contributed by atoms with Gasteiger partial charge in [0.05, 0.1) is 11.5 Å². The molecule has 0 aliphatic heterocycles. The number of nitro groups is 1. The lowest BCUT2D eigenvalue weighted by molar-refractivity contribution is -0.385. The van der Waals surface area contributed by atoms with Gasteiger partial charge in [0, 0.05) is 12.1 Å². The Hall–Kier alpha value is -2.89. The molecule has 0 spiro atoms. The maximum Gasteiger partial charge on any atom is 0.345 e. The lowest BCUT2D eigenvalue weighted by Crippen LogP contribution is -2.08. The Balaban J connectivity index is 2.34. The van der Waals surface area contributed by atoms with Crippen LogP contribution in [0.25, 0.3) is 0 Å². The number of rotatable bonds is 5. The van der Waals surface area contributed by atoms with Crippen LogP contribution >= 0.6 is 0 Å². The molecule has 0 amide bonds. The maximum atomic E-state index is 11.8. The fourth-order valence-corrected chi connectivity index (χ4v) is 1.73. The zero-order valence-electron chi connectivity index (χ0n) is 11.3. The first-order valence-electron chi connectivity index (χ1n) is 6.30. The van der Waals surface area contributed by atoms with Gasteiger partial charge in [-0.1, -0.05) is 18.2 Å². The van der Waals surface area contributed by atoms with Crippen LogP contribution in [0.15, 0.2) is 48.5 Å². The third-order valence-corrected chi connectivity index (χ3v) is 2.64. The number of carbonyl (C=O) groups is 1. The first-order chi connectivity index (χ1) is 10.1. The van der Waals surface area contributed by atoms with Crippen molar-refractivity contribution >= 4 is 11.7 Å². The fourth-order valence-electron chi connectivity index (χ4n) is 1.73. The van der Waals surface area contributed by atoms with Gasteiger partial charge in [-0.25, -0.2) is 4.79 Å². The summed E-state index contributed by atoms with van der Waals surface area (Å²) < 4.78 is 10.4. The molecule has 2 rings (SSSR count). The van der Waals surface area contributed by atoms with Crippen molar-refractivity contribution in [3.05, 3.63) is 64.2 Å². The lowest BCUT2D eigenvalue weighted by atomic mass is 10.1. The van der Waals surface area contributed by atoms with Crippen molar-refractivity contribution in [2.75, 3.05) is 6.61 Å². The summed E-state index contributed by atoms with van der Waals surface area (Å²) in [6.45, 7) is 1.77. The Morgan fingerprint density at radius 1 is 1.14 bits per heavy atom. The zero-order valence-corrected chi connectivity index (χ0v) is 11.3. The Morgan fingerprint density at radius 3 is 2.48 bits per heavy atom. The monoisotopic (exact) mass is 287 g/mol. The number of esters is 1. The molecule has 21 heavy (non-hydrogen) atoms. The zero-order chi connectivity index (χ0) is 15.2. The molecule has 0 saturated carbocycles. The Bertz CT molecular complexity index is 654. The van der Waals surface area contributed by atoms with Crippen molar-refractivity contribution in [1.82, 2.24) is 0 Å². The highest BCUT2D eigenvalue weighted by Gasteiger charge is 2.22. The average molecular weight is 287 g/mol. The standard InChI is InChI=1S/C15H13NO5/c1-2-20-15(17)13-10-12(8-9-14(13)16(18)19)21-11-6-4-3-5-7-11/h3-10H,2H2,1H3. The number of para-hydroxylation sites is 1. The van der Waals surface area contributed by atoms with Crippen molar-refractivity contribution in [2.45, 2.75) is 6.92 Å². The van der Waals surface area contributed by atoms with Gasteiger partial charge in [-0.3, -0.25) is 10.1 Å². The molecule has 0 fully saturated rings. The third-order valence-electron chi connectivity index (χ3n) is 2.64. The molecular formula is C15H13NO5. The molecule has 6 nitrogen and oxygen atoms in total. The number of hydrogen-bond acceptors (Lipinski definition) is 5. The largest absolute Gasteiger partial charge is 0.462 e. The normalized spacial score (nSPS) is 9.95. The Morgan fingerprint density at radius 2 is 1.86 bits per heavy atom. The summed E-state index contributed by atoms with van der Waals surface area (Å²) in [6.07, 6.45) is 0. The van der Waals surface area contributed by atoms with E-state index in [1.165, 1.54) is 18.2 Å². The predicted octanol–water partition coefficient (Wildman–Crippen LogP) is 3.56. The summed E-state index contributed by atoms with van der Waals surface area (Å²) in [7, 11) is 0. The van der Waals surface area contributed by atoms with Crippen molar-refractivity contribution in [3.8, 4) is 11.5 Å². The minimum absolute atomic E-state index is 0.129. The molecule has 2 aromatic carbocycles. The molecule has 0 unspecified atom stereocenters. The second-order valence-electron chi connectivity index (χ2n) is 4.07. The molecule has 6 heteroatoms. The van der Waals surface area contributed by atoms with Gasteiger partial charge in [0.25, 0.3) is 5.69 Å². The number of nitro benzene ring substituents is 1. The van der Waals surface area contributed by atoms with E-state index in [9.17, 15) is 14.9 Å². The summed E-state index contributed by atoms with van der Waals surface area (Å²) in [4.78, 5) is 22.1. The second kappa shape index (κ2) is 6.51. The van der Waals surface area contributed by atoms with Crippen molar-refractivity contribution in [2.24, 2.45) is 0 Å². The van der Waals surface area contributed by atoms with E-state index in [1.54, 1.807) is 31.2 Å². The van der Waals surface area contributed by atoms with Crippen LogP contribution < -0.4 is 4.74 Å². The van der Waals surface area contributed by atoms with Crippen molar-refractivity contribution < 1.29 is 19.2 Å². The van der Waals surface area contributed by atoms with Crippen molar-refractivity contribution in [3.63, 3.8) is 0 Å². The van der Waals surface area contributed by atoms with E-state index in [1.807, 2.05) is 6.07 Å². The van der Waals surface area contributed by atoms with Gasteiger partial charge in [-0.05, 0) is 25.1 Å². The lowest BCUT2D eigenvalue weighted by Gasteiger charge is -2.08. The Labute approximate surface area is 121 Å². The van der Waals surface area contributed by atoms with Gasteiger partial charge in [-0.15, -0.1) is 0 Å². The van der Waals surface area contributed by atoms with E-state index in [2.05, 4.69) is 0 Å². The van der Waals surface area contributed by atoms with Crippen LogP contribution in [0.3, 0.4) is 0 Å². The number of carbonyl (C=O) groups excluding carboxylic acids is 1. The van der Waals surface area contributed by atoms with E-state index in [4.69, 9.17) is 9.47 Å². The minimum Gasteiger partial charge on any atom is -0.462 e. The van der Waals surface area contributed by atoms with E-state index < -0.39 is 10.9 Å². The first kappa shape index (κ1) is 14.5. The highest BCUT2D eigenvalue weighted by atomic mass is 16.6. The summed E-state index contributed by atoms with van der Waals surface area (Å²) in [5.41, 5.74) is -0.441. The molecule has 0 aliphatic rings. The number of hydrogen-bond donors (Lipinski definition) is 0. The van der Waals surface area contributed by atoms with E-state index in [0.29, 0.717) is 11.5 Å². The summed E-state index contributed by atoms with van der Waals surface area (Å²) >= 11 is 0. The molecular weight excluding hydrogens is 274 g/mol. The highest BCUT2D eigenvalue weighted by molar-refractivity contribution is 5.94. The van der Waals surface area contributed by atoms with Crippen LogP contribution in [0.2, 0.25) is 0 Å². The number of ether oxygens (including phenoxy) is 2. The second-order valence-corrected chi connectivity index (χ2v) is 4.07. The molecule has 0 aromatic heterocycles. The highest BCUT2D eigenvalue weighted by Crippen LogP contribution is 2.28. The van der Waals surface area contributed by atoms with Crippen LogP contribution in [0.5, 0.6) is 11.5 Å². The smallest absolute Gasteiger partial charge is 0.345 e. The van der Waals surface area contributed by atoms with Crippen LogP contribution in [0.1, 0.15) is 17.3 Å². The van der Waals surface area contributed by atoms with Gasteiger partial charge < -0.3 is 9.47 Å². The van der Waals surface area contributed by atoms with Crippen LogP contribution in [0.4, 0.5) is 5.69 Å². The topological polar surface area (TPSA) is 78.7 Å². The number of benzene rings is 2. The van der Waals surface area contributed by atoms with Crippen molar-refractivity contribution in [1.29, 1.82) is 0 Å². The molecule has 108 valence electrons. The van der Waals surface area contributed by atoms with E-state index in [-0.39, 0.29) is 17.9 Å². The predicted molar refractivity (Wildman–Crippen MR) is 75.6 cm³/mol. The molecule has 0 heterocycles. The van der Waals surface area contributed by atoms with Gasteiger partial charge >= 0.3 is 5.97 Å². The number of nitrogens with zero attached hydrogens (tertiary/aromatic N) is 1. The quantitative estimate of drug-likeness (QED) is 0.477. The minimum atomic E-state index is -0.747. The molecule has 0 saturated heterocycles. The Kier molecular flexibility index (Phi) is 4.50. The molecule has 0 radical (unpaired) electrons. The molecule has 2 aromatic rings. The molecule has 0 bridgehead atoms. The average Bonchev–Trinajstić information content (AvgIpc) is 2.48. The summed E-state index contributed by atoms with van der Waals surface area (Å²) in [5, 5.41) is 11.0. The molecule has 0 N–H and O–H groups in total. The van der Waals surface area contributed by atoms with Crippen LogP contribution in [-0.2, 0) is 4.74 Å². The maximum absolute atomic E-state index is 11.8. The van der Waals surface area contributed by atoms with E-state index in [0.717, 1.165) is 0 Å². The van der Waals surface area contributed by atoms with Gasteiger partial charge in [0.2, 0.25) is 0 Å². The SMILES string of the molecule is CCOC(=O)c1cc(Oc2ccccc2)ccc1[N+](=O)[O-]. The fraction of sp³-hybridized carbons (Fsp3) is 0.133.